The van der Waals surface area contributed by atoms with E-state index in [1.807, 2.05) is 0 Å². The maximum atomic E-state index is 13.6. The fourth-order valence-corrected chi connectivity index (χ4v) is 14.3. The van der Waals surface area contributed by atoms with Gasteiger partial charge in [0, 0.05) is 19.5 Å². The van der Waals surface area contributed by atoms with Gasteiger partial charge in [0.15, 0.2) is 31.5 Å². The Labute approximate surface area is 555 Å². The highest BCUT2D eigenvalue weighted by atomic mass is 31.3. The first-order valence-electron chi connectivity index (χ1n) is 29.3. The Hall–Kier alpha value is -1.37. The molecule has 6 aliphatic heterocycles. The molecule has 0 aromatic heterocycles. The standard InChI is InChI=1S/C45H84N2O48P4/c46-1-3-79-97(73,74)94-17(10-52)33-23(60)24(61)37(90-41-27(64)21(58)22(59)30(84-41)12(53)6-48)43(87-33)89-36-29(66)42(88-35-15(93-99(77,78)95-98(75,76)80-4-2-47)5-45(69,44(67)68)92-32(35)14(55)8-50)85-31(13(54)7-49)38(36)91-40-28(65)25(62)34(18(83-40)11-81-96(70,71)72)86-39-26(63)20(57)19(56)16(9-51)82-39/h12-43,48-66,69H,1-11,46-47H2,(H,67,68)(H,73,74)(H,75,76)(H,77,78)(H2,70,71,72)/t12-,13-,14+,15+,16+,17-,18+,19+,20-,21-,22-,23-,24-,25+,26+,27-,28+,29-,30+,31+,32+,33+,34+,35+,36+,37-,38+,39-,40-,41+,42+,43+,45+/m0/s1. The third kappa shape index (κ3) is 21.5. The lowest BCUT2D eigenvalue weighted by atomic mass is 9.91. The molecule has 99 heavy (non-hydrogen) atoms. The molecule has 0 aliphatic carbocycles. The summed E-state index contributed by atoms with van der Waals surface area (Å²) in [5, 5.41) is 231. The number of hydrogen-bond acceptors (Lipinski definition) is 44. The minimum absolute atomic E-state index is 0.457. The molecule has 0 aromatic rings. The van der Waals surface area contributed by atoms with Crippen molar-refractivity contribution < 1.29 is 234 Å². The van der Waals surface area contributed by atoms with E-state index in [2.05, 4.69) is 13.4 Å². The van der Waals surface area contributed by atoms with Crippen molar-refractivity contribution in [1.82, 2.24) is 0 Å². The molecule has 30 N–H and O–H groups in total. The molecule has 6 rings (SSSR count). The number of ether oxygens (including phenoxy) is 11. The summed E-state index contributed by atoms with van der Waals surface area (Å²) in [7, 11) is -23.2. The fraction of sp³-hybridized carbons (Fsp3) is 0.978. The van der Waals surface area contributed by atoms with Crippen molar-refractivity contribution in [2.24, 2.45) is 11.5 Å². The minimum Gasteiger partial charge on any atom is -0.477 e. The lowest BCUT2D eigenvalue weighted by Gasteiger charge is -2.52. The molecule has 0 bridgehead atoms. The highest BCUT2D eigenvalue weighted by Crippen LogP contribution is 2.62. The average Bonchev–Trinajstić information content (AvgIpc) is 0.758. The molecule has 54 heteroatoms. The number of aliphatic carboxylic acids is 1. The van der Waals surface area contributed by atoms with Gasteiger partial charge in [0.25, 0.3) is 5.79 Å². The van der Waals surface area contributed by atoms with Crippen molar-refractivity contribution in [1.29, 1.82) is 0 Å². The molecular formula is C45H84N2O48P4. The quantitative estimate of drug-likeness (QED) is 0.0262. The smallest absolute Gasteiger partial charge is 0.477 e. The maximum Gasteiger partial charge on any atom is 0.481 e. The molecule has 36 atom stereocenters. The van der Waals surface area contributed by atoms with E-state index in [0.29, 0.717) is 0 Å². The minimum atomic E-state index is -6.32. The average molecular weight is 1550 g/mol. The highest BCUT2D eigenvalue weighted by molar-refractivity contribution is 7.61. The Kier molecular flexibility index (Phi) is 31.9. The second-order valence-corrected chi connectivity index (χ2v) is 28.3. The Morgan fingerprint density at radius 2 is 0.909 bits per heavy atom. The summed E-state index contributed by atoms with van der Waals surface area (Å²) in [6, 6.07) is 0. The first kappa shape index (κ1) is 86.5. The van der Waals surface area contributed by atoms with E-state index < -0.39 is 312 Å². The van der Waals surface area contributed by atoms with E-state index in [1.165, 1.54) is 0 Å². The first-order valence-corrected chi connectivity index (χ1v) is 35.3. The van der Waals surface area contributed by atoms with Crippen LogP contribution in [0.3, 0.4) is 0 Å². The zero-order valence-corrected chi connectivity index (χ0v) is 54.4. The third-order valence-electron chi connectivity index (χ3n) is 15.7. The van der Waals surface area contributed by atoms with Crippen molar-refractivity contribution in [3.05, 3.63) is 0 Å². The predicted octanol–water partition coefficient (Wildman–Crippen LogP) is -15.7. The summed E-state index contributed by atoms with van der Waals surface area (Å²) in [6.45, 7) is -11.1. The number of rotatable bonds is 35. The molecule has 0 spiro atoms. The van der Waals surface area contributed by atoms with Crippen LogP contribution < -0.4 is 11.5 Å². The van der Waals surface area contributed by atoms with E-state index in [-0.39, 0.29) is 0 Å². The molecule has 0 aromatic carbocycles. The number of aliphatic hydroxyl groups excluding tert-OH is 19. The second kappa shape index (κ2) is 36.5. The van der Waals surface area contributed by atoms with Gasteiger partial charge in [-0.2, -0.15) is 4.31 Å². The van der Waals surface area contributed by atoms with Crippen LogP contribution in [-0.2, 0) is 102 Å². The highest BCUT2D eigenvalue weighted by Gasteiger charge is 2.63. The molecule has 6 fully saturated rings. The predicted molar refractivity (Wildman–Crippen MR) is 298 cm³/mol. The second-order valence-electron chi connectivity index (χ2n) is 22.7. The number of nitrogens with two attached hydrogens (primary N) is 2. The molecule has 3 unspecified atom stereocenters. The Morgan fingerprint density at radius 1 is 0.465 bits per heavy atom. The summed E-state index contributed by atoms with van der Waals surface area (Å²) in [4.78, 5) is 63.8. The molecule has 582 valence electrons. The van der Waals surface area contributed by atoms with Crippen LogP contribution in [0, 0.1) is 0 Å². The van der Waals surface area contributed by atoms with Crippen molar-refractivity contribution in [3.63, 3.8) is 0 Å². The molecule has 6 heterocycles. The van der Waals surface area contributed by atoms with Crippen molar-refractivity contribution in [3.8, 4) is 0 Å². The van der Waals surface area contributed by atoms with Gasteiger partial charge in [-0.15, -0.1) is 0 Å². The van der Waals surface area contributed by atoms with Crippen LogP contribution in [0.5, 0.6) is 0 Å². The first-order chi connectivity index (χ1) is 46.1. The van der Waals surface area contributed by atoms with Gasteiger partial charge in [-0.25, -0.2) is 23.1 Å². The third-order valence-corrected chi connectivity index (χ3v) is 19.9. The van der Waals surface area contributed by atoms with E-state index >= 15 is 0 Å². The number of carboxylic acids is 1. The Balaban J connectivity index is 1.56. The number of carbonyl (C=O) groups is 1. The summed E-state index contributed by atoms with van der Waals surface area (Å²) < 4.78 is 143. The van der Waals surface area contributed by atoms with Gasteiger partial charge in [0.2, 0.25) is 0 Å². The maximum absolute atomic E-state index is 13.6. The lowest BCUT2D eigenvalue weighted by molar-refractivity contribution is -0.416. The molecule has 6 saturated heterocycles. The summed E-state index contributed by atoms with van der Waals surface area (Å²) in [5.74, 6) is -6.14. The van der Waals surface area contributed by atoms with Crippen LogP contribution >= 0.6 is 31.3 Å². The Morgan fingerprint density at radius 3 is 1.45 bits per heavy atom. The fourth-order valence-electron chi connectivity index (χ4n) is 10.8. The zero-order valence-electron chi connectivity index (χ0n) is 50.8. The summed E-state index contributed by atoms with van der Waals surface area (Å²) in [5.41, 5.74) is 10.6. The largest absolute Gasteiger partial charge is 0.481 e. The van der Waals surface area contributed by atoms with Crippen molar-refractivity contribution >= 4 is 37.3 Å². The van der Waals surface area contributed by atoms with E-state index in [9.17, 15) is 155 Å². The van der Waals surface area contributed by atoms with Gasteiger partial charge < -0.3 is 195 Å². The molecule has 0 radical (unpaired) electrons. The Bertz CT molecular complexity index is 2720. The van der Waals surface area contributed by atoms with E-state index in [0.717, 1.165) is 0 Å². The molecule has 0 saturated carbocycles. The number of aliphatic hydroxyl groups is 20. The van der Waals surface area contributed by atoms with Gasteiger partial charge in [-0.05, 0) is 0 Å². The SMILES string of the molecule is NCCOP(=O)(O)O[C@@H](CO)[C@H]1O[C@H](O[C@@H]2[C@H](O)[C@@H](O[C@H]3[C@@H]([C@H](O)CO)O[C@@](O)(C(=O)O)C[C@H]3OP(=O)(O)OP(=O)(O)OCCN)O[C@H]([C@@H](O)CO)[C@H]2O[C@@H]2O[C@H](COP(=O)(O)O)[C@@H](O[C@@H]3O[C@H](CO)[C@@H](O)[C@H](O)[C@H]3O)[C@H](O)[C@H]2O)[C@@H](O[C@H]2O[C@H]([C@@H](O)CO)[C@@H](O)[C@H](O)[C@@H]2O)[C@@H](O)[C@@H]1O. The monoisotopic (exact) mass is 1540 g/mol. The number of phosphoric ester groups is 4. The number of carboxylic acid groups (broad SMARTS) is 1. The molecule has 6 aliphatic rings. The van der Waals surface area contributed by atoms with Gasteiger partial charge in [-0.3, -0.25) is 22.6 Å². The molecular weight excluding hydrogens is 1460 g/mol. The topological polar surface area (TPSA) is 820 Å². The van der Waals surface area contributed by atoms with Gasteiger partial charge in [-0.1, -0.05) is 0 Å². The zero-order chi connectivity index (χ0) is 74.4. The van der Waals surface area contributed by atoms with Crippen LogP contribution in [0.25, 0.3) is 0 Å². The molecule has 50 nitrogen and oxygen atoms in total. The lowest BCUT2D eigenvalue weighted by Crippen LogP contribution is -2.71. The number of hydrogen-bond donors (Lipinski definition) is 28. The van der Waals surface area contributed by atoms with Crippen LogP contribution in [0.1, 0.15) is 6.42 Å². The van der Waals surface area contributed by atoms with Gasteiger partial charge in [0.1, 0.15) is 165 Å². The summed E-state index contributed by atoms with van der Waals surface area (Å²) in [6.07, 6.45) is -83.4. The van der Waals surface area contributed by atoms with Crippen LogP contribution in [-0.4, -0.2) is 406 Å². The van der Waals surface area contributed by atoms with Crippen LogP contribution in [0.2, 0.25) is 0 Å². The number of phosphoric acid groups is 4. The summed E-state index contributed by atoms with van der Waals surface area (Å²) >= 11 is 0. The van der Waals surface area contributed by atoms with Gasteiger partial charge >= 0.3 is 37.3 Å². The molecule has 0 amide bonds. The van der Waals surface area contributed by atoms with Crippen LogP contribution in [0.4, 0.5) is 0 Å². The van der Waals surface area contributed by atoms with Crippen molar-refractivity contribution in [2.75, 3.05) is 65.9 Å². The normalized spacial score (nSPS) is 43.4. The van der Waals surface area contributed by atoms with Crippen molar-refractivity contribution in [2.45, 2.75) is 208 Å². The van der Waals surface area contributed by atoms with Crippen LogP contribution in [0.15, 0.2) is 0 Å². The van der Waals surface area contributed by atoms with E-state index in [4.69, 9.17) is 77.1 Å². The van der Waals surface area contributed by atoms with Gasteiger partial charge in [0.05, 0.1) is 52.9 Å². The van der Waals surface area contributed by atoms with E-state index in [1.54, 1.807) is 0 Å².